The van der Waals surface area contributed by atoms with Crippen molar-refractivity contribution in [1.82, 2.24) is 0 Å². The van der Waals surface area contributed by atoms with E-state index in [-0.39, 0.29) is 0 Å². The van der Waals surface area contributed by atoms with E-state index in [2.05, 4.69) is 0 Å². The summed E-state index contributed by atoms with van der Waals surface area (Å²) in [6.07, 6.45) is 0.642. The molecular weight excluding hydrogens is 407 g/mol. The second kappa shape index (κ2) is 7.55. The van der Waals surface area contributed by atoms with Gasteiger partial charge >= 0.3 is 0 Å². The fourth-order valence-electron chi connectivity index (χ4n) is 5.18. The van der Waals surface area contributed by atoms with Gasteiger partial charge in [-0.15, -0.1) is 0 Å². The molecule has 0 saturated heterocycles. The van der Waals surface area contributed by atoms with E-state index in [1.165, 1.54) is 4.90 Å². The summed E-state index contributed by atoms with van der Waals surface area (Å²) in [5.74, 6) is 0.631. The number of rotatable bonds is 4. The van der Waals surface area contributed by atoms with E-state index in [1.807, 2.05) is 47.4 Å². The van der Waals surface area contributed by atoms with Crippen LogP contribution in [0, 0.1) is 0 Å². The number of halogens is 1. The van der Waals surface area contributed by atoms with E-state index in [4.69, 9.17) is 9.47 Å². The van der Waals surface area contributed by atoms with Crippen LogP contribution in [0.3, 0.4) is 0 Å². The van der Waals surface area contributed by atoms with Crippen LogP contribution in [-0.4, -0.2) is 33.7 Å². The topological polar surface area (TPSA) is 42.0 Å². The number of benzene rings is 3. The predicted octanol–water partition coefficient (Wildman–Crippen LogP) is 4.65. The Kier molecular flexibility index (Phi) is 4.81. The van der Waals surface area contributed by atoms with E-state index in [0.717, 1.165) is 16.8 Å². The van der Waals surface area contributed by atoms with Crippen LogP contribution in [0.5, 0.6) is 11.5 Å². The van der Waals surface area contributed by atoms with Crippen molar-refractivity contribution < 1.29 is 18.7 Å². The van der Waals surface area contributed by atoms with Crippen molar-refractivity contribution in [3.8, 4) is 11.5 Å². The standard InChI is InChI=1S/C26H25FN2O3/c1-28-21-12-8-7-11-20(21)26(27,25(28)30)24-19-13-14-22(31-2)23(32-3)18(19)15-16-29(24)17-9-5-4-6-10-17/h4-14,24H,15-16H2,1-3H3/t24-,26-/m0/s1. The number of likely N-dealkylation sites (N-methyl/N-ethyl adjacent to an activating group) is 1. The van der Waals surface area contributed by atoms with Crippen LogP contribution < -0.4 is 19.3 Å². The van der Waals surface area contributed by atoms with Crippen LogP contribution in [0.15, 0.2) is 66.7 Å². The molecule has 5 nitrogen and oxygen atoms in total. The molecule has 3 aromatic carbocycles. The number of hydrogen-bond acceptors (Lipinski definition) is 4. The Labute approximate surface area is 187 Å². The molecule has 2 aliphatic rings. The van der Waals surface area contributed by atoms with Crippen LogP contribution in [0.25, 0.3) is 0 Å². The summed E-state index contributed by atoms with van der Waals surface area (Å²) in [5, 5.41) is 0. The summed E-state index contributed by atoms with van der Waals surface area (Å²) in [5.41, 5.74) is 1.21. The Balaban J connectivity index is 1.78. The Morgan fingerprint density at radius 2 is 1.69 bits per heavy atom. The molecule has 0 bridgehead atoms. The maximum absolute atomic E-state index is 17.4. The molecule has 164 valence electrons. The summed E-state index contributed by atoms with van der Waals surface area (Å²) in [6.45, 7) is 0.538. The lowest BCUT2D eigenvalue weighted by Crippen LogP contribution is -2.50. The van der Waals surface area contributed by atoms with Crippen molar-refractivity contribution in [3.05, 3.63) is 83.4 Å². The molecule has 5 rings (SSSR count). The number of ether oxygens (including phenoxy) is 2. The molecule has 0 aromatic heterocycles. The van der Waals surface area contributed by atoms with Crippen LogP contribution in [0.1, 0.15) is 22.7 Å². The van der Waals surface area contributed by atoms with Gasteiger partial charge in [-0.1, -0.05) is 42.5 Å². The number of carbonyl (C=O) groups excluding carboxylic acids is 1. The monoisotopic (exact) mass is 432 g/mol. The number of hydrogen-bond donors (Lipinski definition) is 0. The normalized spacial score (nSPS) is 21.9. The van der Waals surface area contributed by atoms with E-state index in [9.17, 15) is 4.79 Å². The zero-order chi connectivity index (χ0) is 22.5. The third-order valence-corrected chi connectivity index (χ3v) is 6.63. The predicted molar refractivity (Wildman–Crippen MR) is 122 cm³/mol. The largest absolute Gasteiger partial charge is 0.493 e. The first-order valence-corrected chi connectivity index (χ1v) is 10.6. The molecule has 2 aliphatic heterocycles. The molecule has 2 heterocycles. The van der Waals surface area contributed by atoms with E-state index in [1.54, 1.807) is 45.5 Å². The molecule has 0 unspecified atom stereocenters. The van der Waals surface area contributed by atoms with Crippen molar-refractivity contribution in [3.63, 3.8) is 0 Å². The lowest BCUT2D eigenvalue weighted by atomic mass is 9.78. The fourth-order valence-corrected chi connectivity index (χ4v) is 5.18. The number of amides is 1. The fraction of sp³-hybridized carbons (Fsp3) is 0.269. The smallest absolute Gasteiger partial charge is 0.271 e. The van der Waals surface area contributed by atoms with E-state index >= 15 is 4.39 Å². The minimum absolute atomic E-state index is 0.390. The highest BCUT2D eigenvalue weighted by Gasteiger charge is 2.59. The average Bonchev–Trinajstić information content (AvgIpc) is 3.04. The van der Waals surface area contributed by atoms with Gasteiger partial charge in [0.25, 0.3) is 5.91 Å². The number of methoxy groups -OCH3 is 2. The van der Waals surface area contributed by atoms with Crippen LogP contribution >= 0.6 is 0 Å². The third-order valence-electron chi connectivity index (χ3n) is 6.63. The van der Waals surface area contributed by atoms with Gasteiger partial charge in [-0.25, -0.2) is 4.39 Å². The van der Waals surface area contributed by atoms with Crippen molar-refractivity contribution in [2.75, 3.05) is 37.6 Å². The quantitative estimate of drug-likeness (QED) is 0.602. The molecular formula is C26H25FN2O3. The van der Waals surface area contributed by atoms with Gasteiger partial charge in [0.15, 0.2) is 11.5 Å². The van der Waals surface area contributed by atoms with Gasteiger partial charge in [0.1, 0.15) is 6.04 Å². The molecule has 0 saturated carbocycles. The van der Waals surface area contributed by atoms with Crippen molar-refractivity contribution >= 4 is 17.3 Å². The summed E-state index contributed by atoms with van der Waals surface area (Å²) in [6, 6.07) is 19.6. The molecule has 2 atom stereocenters. The zero-order valence-electron chi connectivity index (χ0n) is 18.3. The highest BCUT2D eigenvalue weighted by atomic mass is 19.1. The van der Waals surface area contributed by atoms with Gasteiger partial charge in [-0.2, -0.15) is 0 Å². The number of fused-ring (bicyclic) bond motifs is 2. The van der Waals surface area contributed by atoms with Crippen LogP contribution in [-0.2, 0) is 16.9 Å². The first-order valence-electron chi connectivity index (χ1n) is 10.6. The van der Waals surface area contributed by atoms with Gasteiger partial charge in [-0.05, 0) is 36.2 Å². The summed E-state index contributed by atoms with van der Waals surface area (Å²) in [4.78, 5) is 16.9. The number of nitrogens with zero attached hydrogens (tertiary/aromatic N) is 2. The van der Waals surface area contributed by atoms with E-state index < -0.39 is 17.6 Å². The number of anilines is 2. The Bertz CT molecular complexity index is 1180. The average molecular weight is 432 g/mol. The molecule has 32 heavy (non-hydrogen) atoms. The summed E-state index contributed by atoms with van der Waals surface area (Å²) >= 11 is 0. The molecule has 1 amide bonds. The summed E-state index contributed by atoms with van der Waals surface area (Å²) in [7, 11) is 4.81. The molecule has 0 N–H and O–H groups in total. The van der Waals surface area contributed by atoms with Crippen molar-refractivity contribution in [1.29, 1.82) is 0 Å². The van der Waals surface area contributed by atoms with Crippen LogP contribution in [0.2, 0.25) is 0 Å². The number of alkyl halides is 1. The first-order chi connectivity index (χ1) is 15.5. The minimum Gasteiger partial charge on any atom is -0.493 e. The lowest BCUT2D eigenvalue weighted by Gasteiger charge is -2.44. The maximum atomic E-state index is 17.4. The molecule has 6 heteroatoms. The lowest BCUT2D eigenvalue weighted by molar-refractivity contribution is -0.130. The third kappa shape index (κ3) is 2.72. The van der Waals surface area contributed by atoms with Gasteiger partial charge in [0, 0.05) is 30.4 Å². The van der Waals surface area contributed by atoms with Gasteiger partial charge in [0.05, 0.1) is 19.9 Å². The molecule has 3 aromatic rings. The highest BCUT2D eigenvalue weighted by Crippen LogP contribution is 2.55. The Hall–Kier alpha value is -3.54. The SMILES string of the molecule is COc1ccc2c(c1OC)CCN(c1ccccc1)[C@@H]2[C@]1(F)C(=O)N(C)c2ccccc21. The highest BCUT2D eigenvalue weighted by molar-refractivity contribution is 6.07. The van der Waals surface area contributed by atoms with Crippen LogP contribution in [0.4, 0.5) is 15.8 Å². The second-order valence-corrected chi connectivity index (χ2v) is 8.14. The molecule has 0 fully saturated rings. The summed E-state index contributed by atoms with van der Waals surface area (Å²) < 4.78 is 28.5. The Morgan fingerprint density at radius 3 is 2.41 bits per heavy atom. The van der Waals surface area contributed by atoms with Gasteiger partial charge < -0.3 is 19.3 Å². The minimum atomic E-state index is -2.25. The second-order valence-electron chi connectivity index (χ2n) is 8.14. The van der Waals surface area contributed by atoms with Crippen molar-refractivity contribution in [2.24, 2.45) is 0 Å². The maximum Gasteiger partial charge on any atom is 0.271 e. The molecule has 0 aliphatic carbocycles. The van der Waals surface area contributed by atoms with Gasteiger partial charge in [-0.3, -0.25) is 4.79 Å². The van der Waals surface area contributed by atoms with E-state index in [0.29, 0.717) is 35.7 Å². The molecule has 0 radical (unpaired) electrons. The zero-order valence-corrected chi connectivity index (χ0v) is 18.3. The number of para-hydroxylation sites is 2. The first kappa shape index (κ1) is 20.4. The van der Waals surface area contributed by atoms with Crippen molar-refractivity contribution in [2.45, 2.75) is 18.1 Å². The number of carbonyl (C=O) groups is 1. The Morgan fingerprint density at radius 1 is 0.969 bits per heavy atom. The molecule has 0 spiro atoms. The van der Waals surface area contributed by atoms with Gasteiger partial charge in [0.2, 0.25) is 5.67 Å².